The normalized spacial score (nSPS) is 23.7. The van der Waals surface area contributed by atoms with E-state index in [9.17, 15) is 27.6 Å². The molecule has 0 unspecified atom stereocenters. The number of benzene rings is 2. The van der Waals surface area contributed by atoms with Gasteiger partial charge in [0.1, 0.15) is 18.5 Å². The van der Waals surface area contributed by atoms with Crippen LogP contribution >= 0.6 is 0 Å². The third-order valence-corrected chi connectivity index (χ3v) is 7.99. The van der Waals surface area contributed by atoms with Gasteiger partial charge in [0.05, 0.1) is 18.3 Å². The highest BCUT2D eigenvalue weighted by Gasteiger charge is 2.51. The largest absolute Gasteiger partial charge is 0.463 e. The summed E-state index contributed by atoms with van der Waals surface area (Å²) in [6.45, 7) is 3.16. The number of nitrogens with zero attached hydrogens (tertiary/aromatic N) is 2. The first-order valence-electron chi connectivity index (χ1n) is 14.0. The van der Waals surface area contributed by atoms with Gasteiger partial charge in [0.25, 0.3) is 0 Å². The van der Waals surface area contributed by atoms with Crippen LogP contribution in [0.25, 0.3) is 11.1 Å². The van der Waals surface area contributed by atoms with Crippen molar-refractivity contribution in [2.45, 2.75) is 57.4 Å². The van der Waals surface area contributed by atoms with Crippen LogP contribution in [-0.4, -0.2) is 67.1 Å². The highest BCUT2D eigenvalue weighted by Crippen LogP contribution is 2.46. The van der Waals surface area contributed by atoms with E-state index in [1.54, 1.807) is 0 Å². The monoisotopic (exact) mass is 640 g/mol. The van der Waals surface area contributed by atoms with E-state index in [0.29, 0.717) is 0 Å². The fourth-order valence-electron chi connectivity index (χ4n) is 5.67. The summed E-state index contributed by atoms with van der Waals surface area (Å²) in [5, 5.41) is 3.22. The molecule has 1 saturated heterocycles. The van der Waals surface area contributed by atoms with Crippen LogP contribution < -0.4 is 15.7 Å². The minimum absolute atomic E-state index is 0.130. The summed E-state index contributed by atoms with van der Waals surface area (Å²) in [7, 11) is -3.67. The second kappa shape index (κ2) is 12.8. The highest BCUT2D eigenvalue weighted by atomic mass is 32.2. The van der Waals surface area contributed by atoms with Crippen molar-refractivity contribution in [1.82, 2.24) is 14.3 Å². The molecule has 1 aliphatic heterocycles. The maximum Gasteiger partial charge on any atom is 0.351 e. The van der Waals surface area contributed by atoms with Gasteiger partial charge in [0.2, 0.25) is 10.0 Å². The van der Waals surface area contributed by atoms with Crippen LogP contribution in [0.2, 0.25) is 0 Å². The molecular formula is C30H32N4O10S. The molecule has 3 aromatic rings. The lowest BCUT2D eigenvalue weighted by atomic mass is 9.79. The van der Waals surface area contributed by atoms with Crippen LogP contribution in [0.1, 0.15) is 50.2 Å². The van der Waals surface area contributed by atoms with Gasteiger partial charge < -0.3 is 24.3 Å². The van der Waals surface area contributed by atoms with Crippen LogP contribution in [0.3, 0.4) is 0 Å². The average molecular weight is 641 g/mol. The first kappa shape index (κ1) is 31.8. The molecule has 2 aromatic carbocycles. The van der Waals surface area contributed by atoms with Crippen molar-refractivity contribution in [3.05, 3.63) is 82.4 Å². The first-order valence-corrected chi connectivity index (χ1v) is 15.9. The van der Waals surface area contributed by atoms with Gasteiger partial charge in [-0.1, -0.05) is 48.5 Å². The molecule has 2 aliphatic rings. The van der Waals surface area contributed by atoms with Crippen LogP contribution in [0.15, 0.2) is 65.6 Å². The highest BCUT2D eigenvalue weighted by molar-refractivity contribution is 7.88. The lowest BCUT2D eigenvalue weighted by molar-refractivity contribution is -0.166. The maximum absolute atomic E-state index is 13.4. The molecule has 14 nitrogen and oxygen atoms in total. The molecule has 6 atom stereocenters. The molecule has 0 amide bonds. The molecule has 1 fully saturated rings. The van der Waals surface area contributed by atoms with Gasteiger partial charge in [-0.25, -0.2) is 17.9 Å². The number of sulfonamides is 1. The van der Waals surface area contributed by atoms with Gasteiger partial charge in [0, 0.05) is 27.0 Å². The molecule has 1 aliphatic carbocycles. The molecule has 238 valence electrons. The summed E-state index contributed by atoms with van der Waals surface area (Å²) in [6, 6.07) is 15.1. The number of carbonyl (C=O) groups is 3. The molecule has 0 saturated carbocycles. The molecule has 0 bridgehead atoms. The van der Waals surface area contributed by atoms with Crippen LogP contribution in [-0.2, 0) is 43.4 Å². The fraction of sp³-hybridized carbons (Fsp3) is 0.367. The molecule has 2 N–H and O–H groups in total. The third kappa shape index (κ3) is 7.05. The number of nitrogens with one attached hydrogen (secondary N) is 2. The molecule has 1 aromatic heterocycles. The Morgan fingerprint density at radius 3 is 2.00 bits per heavy atom. The van der Waals surface area contributed by atoms with Gasteiger partial charge in [-0.05, 0) is 28.3 Å². The van der Waals surface area contributed by atoms with Gasteiger partial charge in [0.15, 0.2) is 18.4 Å². The zero-order valence-corrected chi connectivity index (χ0v) is 25.6. The molecule has 0 spiro atoms. The number of fused-ring (bicyclic) bond motifs is 3. The van der Waals surface area contributed by atoms with E-state index in [2.05, 4.69) is 15.0 Å². The van der Waals surface area contributed by atoms with E-state index in [4.69, 9.17) is 18.9 Å². The SMILES string of the molecule is CC(=O)OC[C@H]1O[C@@H](n2ccc(N[C@H]3c4ccccc4-c4ccccc4[C@@H]3NS(C)(=O)=O)nc2=O)[C@H](OC(C)=O)[C@@H]1OC(C)=O. The number of hydrogen-bond donors (Lipinski definition) is 2. The summed E-state index contributed by atoms with van der Waals surface area (Å²) in [5.41, 5.74) is 2.48. The lowest BCUT2D eigenvalue weighted by Gasteiger charge is -2.36. The van der Waals surface area contributed by atoms with Crippen molar-refractivity contribution in [1.29, 1.82) is 0 Å². The van der Waals surface area contributed by atoms with Crippen molar-refractivity contribution in [2.75, 3.05) is 18.2 Å². The smallest absolute Gasteiger partial charge is 0.351 e. The predicted octanol–water partition coefficient (Wildman–Crippen LogP) is 1.99. The Labute approximate surface area is 258 Å². The second-order valence-corrected chi connectivity index (χ2v) is 12.5. The average Bonchev–Trinajstić information content (AvgIpc) is 3.28. The quantitative estimate of drug-likeness (QED) is 0.257. The van der Waals surface area contributed by atoms with E-state index in [1.165, 1.54) is 19.2 Å². The van der Waals surface area contributed by atoms with Crippen molar-refractivity contribution >= 4 is 33.7 Å². The molecule has 5 rings (SSSR count). The van der Waals surface area contributed by atoms with Crippen molar-refractivity contribution in [2.24, 2.45) is 0 Å². The number of aromatic nitrogens is 2. The van der Waals surface area contributed by atoms with E-state index in [1.807, 2.05) is 48.5 Å². The Kier molecular flexibility index (Phi) is 9.04. The standard InChI is InChI=1S/C30H32N4O10S/c1-16(35)41-15-23-27(42-17(2)36)28(43-18(3)37)29(44-23)34-14-13-24(32-30(34)38)31-25-21-11-7-5-9-19(21)20-10-6-8-12-22(20)26(25)33-45(4,39)40/h5-14,23,25-29,33H,15H2,1-4H3,(H,31,32,38)/t23-,25+,26+,27-,28-,29-/m1/s1. The number of esters is 3. The Morgan fingerprint density at radius 2 is 1.44 bits per heavy atom. The summed E-state index contributed by atoms with van der Waals surface area (Å²) in [4.78, 5) is 53.0. The van der Waals surface area contributed by atoms with Crippen molar-refractivity contribution < 1.29 is 41.7 Å². The van der Waals surface area contributed by atoms with E-state index < -0.39 is 70.2 Å². The third-order valence-electron chi connectivity index (χ3n) is 7.30. The van der Waals surface area contributed by atoms with Crippen LogP contribution in [0, 0.1) is 0 Å². The summed E-state index contributed by atoms with van der Waals surface area (Å²) in [6.07, 6.45) is -2.36. The molecule has 15 heteroatoms. The molecule has 2 heterocycles. The van der Waals surface area contributed by atoms with Crippen molar-refractivity contribution in [3.63, 3.8) is 0 Å². The minimum atomic E-state index is -3.67. The van der Waals surface area contributed by atoms with E-state index >= 15 is 0 Å². The number of hydrogen-bond acceptors (Lipinski definition) is 12. The number of rotatable bonds is 9. The lowest BCUT2D eigenvalue weighted by Crippen LogP contribution is -2.42. The summed E-state index contributed by atoms with van der Waals surface area (Å²) < 4.78 is 50.5. The summed E-state index contributed by atoms with van der Waals surface area (Å²) in [5.74, 6) is -1.91. The number of carbonyl (C=O) groups excluding carboxylic acids is 3. The maximum atomic E-state index is 13.4. The number of ether oxygens (including phenoxy) is 4. The Hall–Kier alpha value is -4.60. The Bertz CT molecular complexity index is 1790. The predicted molar refractivity (Wildman–Crippen MR) is 159 cm³/mol. The number of anilines is 1. The zero-order valence-electron chi connectivity index (χ0n) is 24.8. The van der Waals surface area contributed by atoms with Crippen molar-refractivity contribution in [3.8, 4) is 11.1 Å². The topological polar surface area (TPSA) is 181 Å². The van der Waals surface area contributed by atoms with E-state index in [-0.39, 0.29) is 12.4 Å². The Morgan fingerprint density at radius 1 is 0.867 bits per heavy atom. The molecular weight excluding hydrogens is 608 g/mol. The second-order valence-electron chi connectivity index (χ2n) is 10.7. The van der Waals surface area contributed by atoms with Crippen LogP contribution in [0.5, 0.6) is 0 Å². The molecule has 0 radical (unpaired) electrons. The zero-order chi connectivity index (χ0) is 32.5. The van der Waals surface area contributed by atoms with E-state index in [0.717, 1.165) is 46.9 Å². The van der Waals surface area contributed by atoms with Gasteiger partial charge >= 0.3 is 23.6 Å². The summed E-state index contributed by atoms with van der Waals surface area (Å²) >= 11 is 0. The first-order chi connectivity index (χ1) is 21.3. The van der Waals surface area contributed by atoms with Gasteiger partial charge in [-0.2, -0.15) is 4.98 Å². The van der Waals surface area contributed by atoms with Gasteiger partial charge in [-0.15, -0.1) is 0 Å². The van der Waals surface area contributed by atoms with Crippen LogP contribution in [0.4, 0.5) is 5.82 Å². The fourth-order valence-corrected chi connectivity index (χ4v) is 6.40. The van der Waals surface area contributed by atoms with Gasteiger partial charge in [-0.3, -0.25) is 19.0 Å². The molecule has 45 heavy (non-hydrogen) atoms. The Balaban J connectivity index is 1.50. The minimum Gasteiger partial charge on any atom is -0.463 e.